The highest BCUT2D eigenvalue weighted by molar-refractivity contribution is 6.99. The smallest absolute Gasteiger partial charge is 0.410 e. The molecule has 1 atom stereocenters. The Labute approximate surface area is 303 Å². The van der Waals surface area contributed by atoms with E-state index in [0.29, 0.717) is 57.4 Å². The fourth-order valence-corrected chi connectivity index (χ4v) is 12.8. The van der Waals surface area contributed by atoms with Crippen LogP contribution in [0.5, 0.6) is 0 Å². The van der Waals surface area contributed by atoms with E-state index in [2.05, 4.69) is 81.4 Å². The van der Waals surface area contributed by atoms with Crippen LogP contribution >= 0.6 is 11.6 Å². The summed E-state index contributed by atoms with van der Waals surface area (Å²) in [5.74, 6) is 0. The molecule has 2 fully saturated rings. The number of rotatable bonds is 5. The zero-order chi connectivity index (χ0) is 35.7. The van der Waals surface area contributed by atoms with Crippen LogP contribution in [0.25, 0.3) is 0 Å². The van der Waals surface area contributed by atoms with Crippen molar-refractivity contribution in [3.63, 3.8) is 0 Å². The number of hydrogen-bond donors (Lipinski definition) is 0. The summed E-state index contributed by atoms with van der Waals surface area (Å²) < 4.78 is 19.1. The van der Waals surface area contributed by atoms with E-state index >= 15 is 0 Å². The molecule has 2 saturated heterocycles. The first-order valence-corrected chi connectivity index (χ1v) is 20.3. The Morgan fingerprint density at radius 3 is 2.04 bits per heavy atom. The average molecular weight is 718 g/mol. The van der Waals surface area contributed by atoms with E-state index in [9.17, 15) is 9.59 Å². The molecule has 10 heteroatoms. The first-order valence-electron chi connectivity index (χ1n) is 18.0. The van der Waals surface area contributed by atoms with Crippen molar-refractivity contribution in [1.29, 1.82) is 0 Å². The molecule has 0 aliphatic carbocycles. The number of likely N-dealkylation sites (tertiary alicyclic amines) is 1. The molecule has 0 saturated carbocycles. The Kier molecular flexibility index (Phi) is 10.7. The lowest BCUT2D eigenvalue weighted by atomic mass is 9.90. The lowest BCUT2D eigenvalue weighted by Gasteiger charge is -2.47. The highest BCUT2D eigenvalue weighted by Crippen LogP contribution is 2.39. The van der Waals surface area contributed by atoms with Crippen LogP contribution in [0.4, 0.5) is 9.59 Å². The van der Waals surface area contributed by atoms with Crippen LogP contribution < -0.4 is 10.4 Å². The number of fused-ring (bicyclic) bond motifs is 1. The van der Waals surface area contributed by atoms with Crippen LogP contribution in [-0.4, -0.2) is 86.2 Å². The third-order valence-corrected chi connectivity index (χ3v) is 15.5. The lowest BCUT2D eigenvalue weighted by Crippen LogP contribution is -2.68. The van der Waals surface area contributed by atoms with Crippen LogP contribution in [0.1, 0.15) is 77.1 Å². The Hall–Kier alpha value is -3.37. The number of halogens is 1. The van der Waals surface area contributed by atoms with Crippen LogP contribution in [0.2, 0.25) is 10.1 Å². The SMILES string of the molecule is CC(C)(C)OC(=O)N1CCOC[C@H]1c1cc(Cl)cc2c1CN(C(=O)N1CCC(O[Si](c3ccccc3)(c3ccccc3)C(C)(C)C)CC1)CC2. The highest BCUT2D eigenvalue weighted by atomic mass is 35.5. The van der Waals surface area contributed by atoms with E-state index in [1.165, 1.54) is 10.4 Å². The lowest BCUT2D eigenvalue weighted by molar-refractivity contribution is -0.0334. The normalized spacial score (nSPS) is 19.3. The number of nitrogens with zero attached hydrogens (tertiary/aromatic N) is 3. The van der Waals surface area contributed by atoms with Crippen molar-refractivity contribution >= 4 is 42.4 Å². The molecule has 3 heterocycles. The number of ether oxygens (including phenoxy) is 2. The van der Waals surface area contributed by atoms with Gasteiger partial charge in [-0.2, -0.15) is 0 Å². The minimum atomic E-state index is -2.68. The summed E-state index contributed by atoms with van der Waals surface area (Å²) in [5, 5.41) is 3.06. The second-order valence-electron chi connectivity index (χ2n) is 15.8. The zero-order valence-corrected chi connectivity index (χ0v) is 32.2. The van der Waals surface area contributed by atoms with Crippen LogP contribution in [0, 0.1) is 0 Å². The molecular formula is C40H52ClN3O5Si. The van der Waals surface area contributed by atoms with Gasteiger partial charge in [-0.05, 0) is 84.3 Å². The van der Waals surface area contributed by atoms with E-state index in [0.717, 1.165) is 29.5 Å². The molecule has 3 aromatic rings. The molecule has 0 N–H and O–H groups in total. The molecule has 8 nitrogen and oxygen atoms in total. The van der Waals surface area contributed by atoms with E-state index in [-0.39, 0.29) is 29.3 Å². The molecule has 0 unspecified atom stereocenters. The summed E-state index contributed by atoms with van der Waals surface area (Å²) in [6.45, 7) is 16.1. The highest BCUT2D eigenvalue weighted by Gasteiger charge is 2.51. The van der Waals surface area contributed by atoms with Crippen LogP contribution in [0.15, 0.2) is 72.8 Å². The van der Waals surface area contributed by atoms with Crippen molar-refractivity contribution < 1.29 is 23.5 Å². The van der Waals surface area contributed by atoms with Gasteiger partial charge in [0.05, 0.1) is 19.3 Å². The monoisotopic (exact) mass is 717 g/mol. The molecule has 6 rings (SSSR count). The number of hydrogen-bond acceptors (Lipinski definition) is 5. The van der Waals surface area contributed by atoms with E-state index < -0.39 is 13.9 Å². The van der Waals surface area contributed by atoms with Crippen molar-refractivity contribution in [1.82, 2.24) is 14.7 Å². The number of carbonyl (C=O) groups is 2. The van der Waals surface area contributed by atoms with Gasteiger partial charge in [0.25, 0.3) is 8.32 Å². The van der Waals surface area contributed by atoms with Gasteiger partial charge in [-0.15, -0.1) is 0 Å². The van der Waals surface area contributed by atoms with Gasteiger partial charge >= 0.3 is 12.1 Å². The second-order valence-corrected chi connectivity index (χ2v) is 20.5. The number of morpholine rings is 1. The summed E-state index contributed by atoms with van der Waals surface area (Å²) >= 11 is 6.65. The van der Waals surface area contributed by atoms with Gasteiger partial charge in [0, 0.05) is 43.9 Å². The first-order chi connectivity index (χ1) is 23.8. The summed E-state index contributed by atoms with van der Waals surface area (Å²) in [7, 11) is -2.68. The van der Waals surface area contributed by atoms with Gasteiger partial charge in [-0.3, -0.25) is 4.90 Å². The number of benzene rings is 3. The molecule has 268 valence electrons. The van der Waals surface area contributed by atoms with Gasteiger partial charge in [0.15, 0.2) is 0 Å². The molecule has 3 aromatic carbocycles. The molecule has 0 bridgehead atoms. The van der Waals surface area contributed by atoms with Crippen LogP contribution in [0.3, 0.4) is 0 Å². The molecule has 0 radical (unpaired) electrons. The maximum absolute atomic E-state index is 14.1. The topological polar surface area (TPSA) is 71.5 Å². The van der Waals surface area contributed by atoms with Gasteiger partial charge in [0.1, 0.15) is 5.60 Å². The molecule has 3 amide bonds. The summed E-state index contributed by atoms with van der Waals surface area (Å²) in [6, 6.07) is 25.1. The molecular weight excluding hydrogens is 666 g/mol. The van der Waals surface area contributed by atoms with Crippen LogP contribution in [-0.2, 0) is 26.9 Å². The second kappa shape index (κ2) is 14.7. The third kappa shape index (κ3) is 7.61. The van der Waals surface area contributed by atoms with E-state index in [1.54, 1.807) is 4.90 Å². The van der Waals surface area contributed by atoms with Gasteiger partial charge in [0.2, 0.25) is 0 Å². The van der Waals surface area contributed by atoms with Crippen molar-refractivity contribution in [3.05, 3.63) is 94.5 Å². The summed E-state index contributed by atoms with van der Waals surface area (Å²) in [5.41, 5.74) is 2.47. The van der Waals surface area contributed by atoms with E-state index in [1.807, 2.05) is 42.7 Å². The zero-order valence-electron chi connectivity index (χ0n) is 30.4. The van der Waals surface area contributed by atoms with Crippen molar-refractivity contribution in [2.75, 3.05) is 39.4 Å². The number of piperidine rings is 1. The summed E-state index contributed by atoms with van der Waals surface area (Å²) in [6.07, 6.45) is 1.94. The minimum Gasteiger partial charge on any atom is -0.444 e. The predicted molar refractivity (Wildman–Crippen MR) is 201 cm³/mol. The molecule has 0 spiro atoms. The number of urea groups is 1. The van der Waals surface area contributed by atoms with E-state index in [4.69, 9.17) is 25.5 Å². The number of amides is 3. The largest absolute Gasteiger partial charge is 0.444 e. The predicted octanol–water partition coefficient (Wildman–Crippen LogP) is 7.17. The molecule has 3 aliphatic rings. The van der Waals surface area contributed by atoms with Crippen molar-refractivity contribution in [2.24, 2.45) is 0 Å². The fourth-order valence-electron chi connectivity index (χ4n) is 7.82. The fraction of sp³-hybridized carbons (Fsp3) is 0.500. The van der Waals surface area contributed by atoms with Gasteiger partial charge in [-0.25, -0.2) is 9.59 Å². The average Bonchev–Trinajstić information content (AvgIpc) is 3.09. The molecule has 50 heavy (non-hydrogen) atoms. The number of carbonyl (C=O) groups excluding carboxylic acids is 2. The van der Waals surface area contributed by atoms with Crippen molar-refractivity contribution in [2.45, 2.75) is 90.1 Å². The molecule has 0 aromatic heterocycles. The first kappa shape index (κ1) is 36.4. The van der Waals surface area contributed by atoms with Crippen molar-refractivity contribution in [3.8, 4) is 0 Å². The maximum atomic E-state index is 14.1. The third-order valence-electron chi connectivity index (χ3n) is 10.2. The quantitative estimate of drug-likeness (QED) is 0.262. The standard InChI is InChI=1S/C40H52ClN3O5Si/c1-39(2,3)48-38(46)44-23-24-47-28-36(44)34-26-30(41)25-29-17-20-43(27-35(29)34)37(45)42-21-18-31(19-22-42)49-50(40(4,5)6,32-13-9-7-10-14-32)33-15-11-8-12-16-33/h7-16,25-26,31,36H,17-24,27-28H2,1-6H3/t36-/m0/s1. The summed E-state index contributed by atoms with van der Waals surface area (Å²) in [4.78, 5) is 33.1. The van der Waals surface area contributed by atoms with Gasteiger partial charge in [-0.1, -0.05) is 93.0 Å². The minimum absolute atomic E-state index is 0.0457. The molecule has 3 aliphatic heterocycles. The Morgan fingerprint density at radius 2 is 1.46 bits per heavy atom. The maximum Gasteiger partial charge on any atom is 0.410 e. The Morgan fingerprint density at radius 1 is 0.840 bits per heavy atom. The Bertz CT molecular complexity index is 1610. The Balaban J connectivity index is 1.18. The van der Waals surface area contributed by atoms with Gasteiger partial charge < -0.3 is 23.7 Å².